The summed E-state index contributed by atoms with van der Waals surface area (Å²) in [7, 11) is 1.10. The number of aliphatic hydroxyl groups excluding tert-OH is 1. The standard InChI is InChI=1S/C40H57N9O16S2/c1-19-35(60)45-25(10-12-31(55)56)37(62)48-33(20(2)50)39(64)42-14-29(52)44-24(9-11-30(53)54)36(61)47-27(34(41)59)17-66-15-22-7-5-6-8-23(22)16-67-18-28(43-21(3)51)38(63)46-26(13-32(57)58)40(65)49(19)4/h5-8,19-20,24-28,33,50H,9-18H2,1-4H3,(H2,41,59)(H,42,64)(H,43,51)(H,44,52)(H,45,60)(H,46,63)(H,47,61)(H,48,62)(H,53,54)(H,55,56)(H,57,58)/t19-,20+,24-,25-,26-,27-,28-,33?/m0/s1. The molecule has 0 aliphatic carbocycles. The van der Waals surface area contributed by atoms with E-state index in [1.807, 2.05) is 0 Å². The molecular formula is C40H57N9O16S2. The molecule has 0 spiro atoms. The van der Waals surface area contributed by atoms with E-state index in [1.165, 1.54) is 30.4 Å². The minimum absolute atomic E-state index is 0.0811. The molecule has 0 saturated heterocycles. The Balaban J connectivity index is 2.59. The summed E-state index contributed by atoms with van der Waals surface area (Å²) in [5, 5.41) is 54.8. The van der Waals surface area contributed by atoms with Gasteiger partial charge in [0.15, 0.2) is 0 Å². The number of hydrogen-bond donors (Lipinski definition) is 12. The molecule has 25 nitrogen and oxygen atoms in total. The maximum Gasteiger partial charge on any atom is 0.305 e. The normalized spacial score (nSPS) is 24.4. The largest absolute Gasteiger partial charge is 0.481 e. The number of rotatable bonds is 11. The molecule has 0 aromatic heterocycles. The van der Waals surface area contributed by atoms with Crippen molar-refractivity contribution < 1.29 is 78.0 Å². The van der Waals surface area contributed by atoms with Gasteiger partial charge in [-0.3, -0.25) is 57.5 Å². The van der Waals surface area contributed by atoms with Crippen molar-refractivity contribution in [2.75, 3.05) is 25.1 Å². The van der Waals surface area contributed by atoms with Crippen LogP contribution in [-0.2, 0) is 69.0 Å². The van der Waals surface area contributed by atoms with E-state index in [0.717, 1.165) is 36.9 Å². The number of primary amides is 1. The second-order valence-electron chi connectivity index (χ2n) is 15.3. The molecule has 0 fully saturated rings. The first-order chi connectivity index (χ1) is 31.4. The quantitative estimate of drug-likeness (QED) is 0.101. The number of nitrogens with two attached hydrogens (primary N) is 1. The molecule has 1 aromatic rings. The Morgan fingerprint density at radius 2 is 1.27 bits per heavy atom. The van der Waals surface area contributed by atoms with Gasteiger partial charge in [-0.15, -0.1) is 0 Å². The van der Waals surface area contributed by atoms with Crippen LogP contribution in [0.25, 0.3) is 0 Å². The van der Waals surface area contributed by atoms with Crippen molar-refractivity contribution in [2.45, 2.75) is 113 Å². The molecule has 1 aliphatic rings. The number of fused-ring (bicyclic) bond motifs is 1. The fourth-order valence-electron chi connectivity index (χ4n) is 6.12. The number of carbonyl (C=O) groups is 12. The number of aliphatic carboxylic acids is 3. The number of nitrogens with zero attached hydrogens (tertiary/aromatic N) is 1. The highest BCUT2D eigenvalue weighted by Crippen LogP contribution is 2.22. The van der Waals surface area contributed by atoms with E-state index in [0.29, 0.717) is 0 Å². The van der Waals surface area contributed by atoms with Gasteiger partial charge in [-0.1, -0.05) is 24.3 Å². The van der Waals surface area contributed by atoms with E-state index >= 15 is 0 Å². The zero-order chi connectivity index (χ0) is 50.5. The Bertz CT molecular complexity index is 2020. The minimum Gasteiger partial charge on any atom is -0.481 e. The average Bonchev–Trinajstić information content (AvgIpc) is 3.24. The first-order valence-corrected chi connectivity index (χ1v) is 22.9. The topological polar surface area (TPSA) is 399 Å². The van der Waals surface area contributed by atoms with E-state index in [4.69, 9.17) is 5.73 Å². The van der Waals surface area contributed by atoms with Gasteiger partial charge >= 0.3 is 17.9 Å². The molecule has 1 heterocycles. The van der Waals surface area contributed by atoms with E-state index in [2.05, 4.69) is 37.2 Å². The summed E-state index contributed by atoms with van der Waals surface area (Å²) in [6.07, 6.45) is -5.02. The number of hydrogen-bond acceptors (Lipinski definition) is 15. The molecule has 0 radical (unpaired) electrons. The molecule has 1 aliphatic heterocycles. The number of carbonyl (C=O) groups excluding carboxylic acids is 9. The van der Waals surface area contributed by atoms with Gasteiger partial charge in [0.05, 0.1) is 19.1 Å². The van der Waals surface area contributed by atoms with Crippen molar-refractivity contribution in [3.63, 3.8) is 0 Å². The maximum absolute atomic E-state index is 13.7. The van der Waals surface area contributed by atoms with Gasteiger partial charge in [-0.05, 0) is 37.8 Å². The number of thioether (sulfide) groups is 2. The van der Waals surface area contributed by atoms with Crippen LogP contribution in [-0.4, -0.2) is 170 Å². The van der Waals surface area contributed by atoms with Gasteiger partial charge < -0.3 is 68.3 Å². The third-order valence-electron chi connectivity index (χ3n) is 9.92. The molecule has 1 unspecified atom stereocenters. The zero-order valence-corrected chi connectivity index (χ0v) is 38.7. The first-order valence-electron chi connectivity index (χ1n) is 20.6. The molecule has 13 N–H and O–H groups in total. The van der Waals surface area contributed by atoms with Crippen LogP contribution in [0.1, 0.15) is 64.0 Å². The molecule has 370 valence electrons. The Morgan fingerprint density at radius 1 is 0.746 bits per heavy atom. The van der Waals surface area contributed by atoms with Gasteiger partial charge in [-0.2, -0.15) is 23.5 Å². The van der Waals surface area contributed by atoms with Gasteiger partial charge in [0.25, 0.3) is 0 Å². The molecule has 67 heavy (non-hydrogen) atoms. The Morgan fingerprint density at radius 3 is 1.78 bits per heavy atom. The number of benzene rings is 1. The summed E-state index contributed by atoms with van der Waals surface area (Å²) in [6, 6.07) is -4.01. The molecule has 2 rings (SSSR count). The lowest BCUT2D eigenvalue weighted by molar-refractivity contribution is -0.146. The van der Waals surface area contributed by atoms with Gasteiger partial charge in [0.2, 0.25) is 53.2 Å². The van der Waals surface area contributed by atoms with Crippen molar-refractivity contribution in [1.29, 1.82) is 0 Å². The molecule has 9 amide bonds. The van der Waals surface area contributed by atoms with Gasteiger partial charge in [0, 0.05) is 49.8 Å². The second-order valence-corrected chi connectivity index (χ2v) is 17.4. The number of aliphatic hydroxyl groups is 1. The van der Waals surface area contributed by atoms with Crippen LogP contribution in [0, 0.1) is 0 Å². The highest BCUT2D eigenvalue weighted by atomic mass is 32.2. The molecule has 8 atom stereocenters. The van der Waals surface area contributed by atoms with E-state index in [9.17, 15) is 78.0 Å². The summed E-state index contributed by atoms with van der Waals surface area (Å²) < 4.78 is 0. The summed E-state index contributed by atoms with van der Waals surface area (Å²) in [5.74, 6) is -13.0. The van der Waals surface area contributed by atoms with Crippen LogP contribution in [0.2, 0.25) is 0 Å². The van der Waals surface area contributed by atoms with Gasteiger partial charge in [-0.25, -0.2) is 0 Å². The fourth-order valence-corrected chi connectivity index (χ4v) is 8.31. The fraction of sp³-hybridized carbons (Fsp3) is 0.550. The van der Waals surface area contributed by atoms with E-state index in [-0.39, 0.29) is 23.0 Å². The lowest BCUT2D eigenvalue weighted by Gasteiger charge is -2.30. The summed E-state index contributed by atoms with van der Waals surface area (Å²) >= 11 is 2.38. The van der Waals surface area contributed by atoms with Crippen molar-refractivity contribution in [1.82, 2.24) is 42.1 Å². The maximum atomic E-state index is 13.7. The molecule has 27 heteroatoms. The number of nitrogens with one attached hydrogen (secondary N) is 7. The van der Waals surface area contributed by atoms with E-state index < -0.39 is 158 Å². The predicted octanol–water partition coefficient (Wildman–Crippen LogP) is -3.87. The minimum atomic E-state index is -1.85. The van der Waals surface area contributed by atoms with E-state index in [1.54, 1.807) is 24.3 Å². The Hall–Kier alpha value is -6.48. The number of likely N-dealkylation sites (N-methyl/N-ethyl adjacent to an activating group) is 1. The number of amides is 9. The van der Waals surface area contributed by atoms with Crippen LogP contribution in [0.15, 0.2) is 24.3 Å². The predicted molar refractivity (Wildman–Crippen MR) is 238 cm³/mol. The van der Waals surface area contributed by atoms with Gasteiger partial charge in [0.1, 0.15) is 42.3 Å². The highest BCUT2D eigenvalue weighted by Gasteiger charge is 2.36. The zero-order valence-electron chi connectivity index (χ0n) is 37.0. The van der Waals surface area contributed by atoms with Crippen LogP contribution >= 0.6 is 23.5 Å². The molecule has 0 bridgehead atoms. The van der Waals surface area contributed by atoms with Crippen molar-refractivity contribution in [2.24, 2.45) is 5.73 Å². The number of carboxylic acid groups (broad SMARTS) is 3. The molecule has 1 aromatic carbocycles. The van der Waals surface area contributed by atoms with Crippen LogP contribution in [0.3, 0.4) is 0 Å². The van der Waals surface area contributed by atoms with Crippen LogP contribution in [0.4, 0.5) is 0 Å². The smallest absolute Gasteiger partial charge is 0.305 e. The van der Waals surface area contributed by atoms with Crippen molar-refractivity contribution >= 4 is 94.6 Å². The lowest BCUT2D eigenvalue weighted by atomic mass is 10.1. The van der Waals surface area contributed by atoms with Crippen molar-refractivity contribution in [3.05, 3.63) is 35.4 Å². The summed E-state index contributed by atoms with van der Waals surface area (Å²) in [4.78, 5) is 154. The van der Waals surface area contributed by atoms with Crippen LogP contribution < -0.4 is 43.0 Å². The summed E-state index contributed by atoms with van der Waals surface area (Å²) in [6.45, 7) is 2.50. The number of carboxylic acids is 3. The lowest BCUT2D eigenvalue weighted by Crippen LogP contribution is -2.60. The van der Waals surface area contributed by atoms with Crippen LogP contribution in [0.5, 0.6) is 0 Å². The first kappa shape index (κ1) is 56.6. The Labute approximate surface area is 392 Å². The highest BCUT2D eigenvalue weighted by molar-refractivity contribution is 7.98. The second kappa shape index (κ2) is 27.9. The average molecular weight is 984 g/mol. The Kier molecular flexibility index (Phi) is 23.6. The molecular weight excluding hydrogens is 927 g/mol. The third kappa shape index (κ3) is 19.9. The third-order valence-corrected chi connectivity index (χ3v) is 12.1. The van der Waals surface area contributed by atoms with Crippen molar-refractivity contribution in [3.8, 4) is 0 Å². The summed E-state index contributed by atoms with van der Waals surface area (Å²) in [5.41, 5.74) is 7.12. The monoisotopic (exact) mass is 983 g/mol. The molecule has 0 saturated carbocycles. The SMILES string of the molecule is CC(=O)N[C@H]1CSCc2ccccc2CSC[C@@H](C(N)=O)NC(=O)[C@H](CCC(=O)O)NC(=O)CNC(=O)C([C@@H](C)O)NC(=O)[C@H](CCC(=O)O)NC(=O)[C@H](C)N(C)C(=O)[C@H](CC(=O)O)NC1=O.